The summed E-state index contributed by atoms with van der Waals surface area (Å²) in [5, 5.41) is 0. The normalized spacial score (nSPS) is 17.7. The Balaban J connectivity index is 1.90. The highest BCUT2D eigenvalue weighted by molar-refractivity contribution is 5.76. The van der Waals surface area contributed by atoms with Gasteiger partial charge in [-0.15, -0.1) is 0 Å². The second kappa shape index (κ2) is 5.20. The Morgan fingerprint density at radius 1 is 0.909 bits per heavy atom. The van der Waals surface area contributed by atoms with Gasteiger partial charge >= 0.3 is 0 Å². The van der Waals surface area contributed by atoms with Crippen molar-refractivity contribution < 1.29 is 0 Å². The number of hydrogen-bond donors (Lipinski definition) is 0. The average Bonchev–Trinajstić information content (AvgIpc) is 2.66. The first kappa shape index (κ1) is 13.4. The Morgan fingerprint density at radius 3 is 2.50 bits per heavy atom. The van der Waals surface area contributed by atoms with Crippen LogP contribution < -0.4 is 4.90 Å². The molecule has 2 heteroatoms. The molecule has 2 aromatic rings. The second-order valence-corrected chi connectivity index (χ2v) is 6.57. The van der Waals surface area contributed by atoms with Crippen LogP contribution in [0.2, 0.25) is 0 Å². The van der Waals surface area contributed by atoms with Crippen molar-refractivity contribution in [2.45, 2.75) is 19.3 Å². The molecule has 2 heterocycles. The Kier molecular flexibility index (Phi) is 3.18. The molecule has 0 saturated carbocycles. The van der Waals surface area contributed by atoms with Crippen LogP contribution in [0, 0.1) is 0 Å². The first-order valence-corrected chi connectivity index (χ1v) is 8.04. The average molecular weight is 290 g/mol. The Hall–Kier alpha value is -2.22. The molecular weight excluding hydrogens is 268 g/mol. The van der Waals surface area contributed by atoms with Crippen LogP contribution in [0.3, 0.4) is 0 Å². The summed E-state index contributed by atoms with van der Waals surface area (Å²) < 4.78 is 0. The van der Waals surface area contributed by atoms with Gasteiger partial charge < -0.3 is 9.80 Å². The van der Waals surface area contributed by atoms with Crippen molar-refractivity contribution >= 4 is 11.4 Å². The van der Waals surface area contributed by atoms with E-state index in [-0.39, 0.29) is 0 Å². The topological polar surface area (TPSA) is 6.48 Å². The van der Waals surface area contributed by atoms with Crippen LogP contribution in [0.1, 0.15) is 16.7 Å². The van der Waals surface area contributed by atoms with Gasteiger partial charge in [0.2, 0.25) is 0 Å². The molecule has 0 unspecified atom stereocenters. The van der Waals surface area contributed by atoms with Crippen molar-refractivity contribution in [2.75, 3.05) is 25.5 Å². The summed E-state index contributed by atoms with van der Waals surface area (Å²) in [7, 11) is 4.21. The third-order valence-electron chi connectivity index (χ3n) is 4.64. The van der Waals surface area contributed by atoms with E-state index in [4.69, 9.17) is 0 Å². The zero-order chi connectivity index (χ0) is 15.1. The van der Waals surface area contributed by atoms with E-state index in [9.17, 15) is 0 Å². The maximum Gasteiger partial charge on any atom is 0.0482 e. The molecule has 0 aromatic heterocycles. The van der Waals surface area contributed by atoms with Gasteiger partial charge in [-0.25, -0.2) is 0 Å². The van der Waals surface area contributed by atoms with E-state index in [1.54, 1.807) is 0 Å². The molecule has 0 bridgehead atoms. The largest absolute Gasteiger partial charge is 0.383 e. The summed E-state index contributed by atoms with van der Waals surface area (Å²) in [6.07, 6.45) is 5.63. The van der Waals surface area contributed by atoms with Crippen LogP contribution in [0.4, 0.5) is 11.4 Å². The van der Waals surface area contributed by atoms with Crippen molar-refractivity contribution in [2.24, 2.45) is 0 Å². The first-order chi connectivity index (χ1) is 10.7. The number of para-hydroxylation sites is 2. The van der Waals surface area contributed by atoms with Crippen LogP contribution in [-0.4, -0.2) is 25.5 Å². The second-order valence-electron chi connectivity index (χ2n) is 6.57. The van der Waals surface area contributed by atoms with Crippen molar-refractivity contribution in [3.05, 3.63) is 70.9 Å². The summed E-state index contributed by atoms with van der Waals surface area (Å²) in [4.78, 5) is 4.69. The van der Waals surface area contributed by atoms with Gasteiger partial charge in [0.15, 0.2) is 0 Å². The molecule has 2 aliphatic rings. The molecular formula is C20H22N2. The highest BCUT2D eigenvalue weighted by atomic mass is 15.2. The minimum atomic E-state index is 0.999. The van der Waals surface area contributed by atoms with Gasteiger partial charge in [-0.05, 0) is 53.8 Å². The number of nitrogens with zero attached hydrogens (tertiary/aromatic N) is 2. The van der Waals surface area contributed by atoms with Crippen LogP contribution in [-0.2, 0) is 19.3 Å². The van der Waals surface area contributed by atoms with E-state index in [0.29, 0.717) is 0 Å². The van der Waals surface area contributed by atoms with Gasteiger partial charge in [-0.2, -0.15) is 0 Å². The fourth-order valence-corrected chi connectivity index (χ4v) is 3.83. The molecule has 0 saturated heterocycles. The number of hydrogen-bond acceptors (Lipinski definition) is 2. The Bertz CT molecular complexity index is 743. The van der Waals surface area contributed by atoms with Crippen LogP contribution in [0.5, 0.6) is 0 Å². The van der Waals surface area contributed by atoms with E-state index >= 15 is 0 Å². The maximum absolute atomic E-state index is 2.53. The van der Waals surface area contributed by atoms with E-state index in [1.165, 1.54) is 33.6 Å². The predicted octanol–water partition coefficient (Wildman–Crippen LogP) is 3.92. The standard InChI is InChI=1S/C20H22N2/c1-21(2)13-15-12-18-8-5-7-17-11-10-16-6-3-4-9-19(16)22(14-15)20(17)18/h3-9,13H,10-12,14H2,1-2H3. The molecule has 0 atom stereocenters. The third kappa shape index (κ3) is 2.19. The SMILES string of the molecule is CN(C)C=C1Cc2cccc3c2N(C1)c1ccccc1CC3. The lowest BCUT2D eigenvalue weighted by molar-refractivity contribution is 0.553. The van der Waals surface area contributed by atoms with Crippen molar-refractivity contribution in [3.63, 3.8) is 0 Å². The fourth-order valence-electron chi connectivity index (χ4n) is 3.83. The van der Waals surface area contributed by atoms with Crippen LogP contribution in [0.25, 0.3) is 0 Å². The molecule has 0 fully saturated rings. The van der Waals surface area contributed by atoms with Gasteiger partial charge in [0.1, 0.15) is 0 Å². The number of aryl methyl sites for hydroxylation is 2. The third-order valence-corrected chi connectivity index (χ3v) is 4.64. The zero-order valence-electron chi connectivity index (χ0n) is 13.3. The Labute approximate surface area is 132 Å². The number of anilines is 2. The minimum Gasteiger partial charge on any atom is -0.383 e. The van der Waals surface area contributed by atoms with Gasteiger partial charge in [-0.3, -0.25) is 0 Å². The molecule has 0 aliphatic carbocycles. The predicted molar refractivity (Wildman–Crippen MR) is 92.8 cm³/mol. The van der Waals surface area contributed by atoms with Crippen LogP contribution in [0.15, 0.2) is 54.2 Å². The summed E-state index contributed by atoms with van der Waals surface area (Å²) in [6, 6.07) is 15.7. The quantitative estimate of drug-likeness (QED) is 0.785. The molecule has 0 N–H and O–H groups in total. The van der Waals surface area contributed by atoms with Gasteiger partial charge in [0.05, 0.1) is 0 Å². The van der Waals surface area contributed by atoms with Gasteiger partial charge in [0.25, 0.3) is 0 Å². The fraction of sp³-hybridized carbons (Fsp3) is 0.300. The molecule has 2 aromatic carbocycles. The lowest BCUT2D eigenvalue weighted by atomic mass is 9.94. The Morgan fingerprint density at radius 2 is 1.64 bits per heavy atom. The van der Waals surface area contributed by atoms with Gasteiger partial charge in [0, 0.05) is 32.0 Å². The van der Waals surface area contributed by atoms with E-state index < -0.39 is 0 Å². The first-order valence-electron chi connectivity index (χ1n) is 8.04. The van der Waals surface area contributed by atoms with E-state index in [1.807, 2.05) is 0 Å². The smallest absolute Gasteiger partial charge is 0.0482 e. The van der Waals surface area contributed by atoms with Crippen molar-refractivity contribution in [3.8, 4) is 0 Å². The highest BCUT2D eigenvalue weighted by Crippen LogP contribution is 2.42. The summed E-state index contributed by atoms with van der Waals surface area (Å²) in [5.74, 6) is 0. The maximum atomic E-state index is 2.53. The number of rotatable bonds is 1. The van der Waals surface area contributed by atoms with E-state index in [0.717, 1.165) is 25.8 Å². The lowest BCUT2D eigenvalue weighted by Gasteiger charge is -2.34. The summed E-state index contributed by atoms with van der Waals surface area (Å²) in [5.41, 5.74) is 8.76. The zero-order valence-corrected chi connectivity index (χ0v) is 13.3. The molecule has 4 rings (SSSR count). The summed E-state index contributed by atoms with van der Waals surface area (Å²) >= 11 is 0. The molecule has 22 heavy (non-hydrogen) atoms. The number of benzene rings is 2. The van der Waals surface area contributed by atoms with Gasteiger partial charge in [-0.1, -0.05) is 36.4 Å². The van der Waals surface area contributed by atoms with Crippen LogP contribution >= 0.6 is 0 Å². The molecule has 2 nitrogen and oxygen atoms in total. The van der Waals surface area contributed by atoms with Crippen molar-refractivity contribution in [1.29, 1.82) is 0 Å². The molecule has 0 radical (unpaired) electrons. The van der Waals surface area contributed by atoms with Crippen molar-refractivity contribution in [1.82, 2.24) is 4.90 Å². The van der Waals surface area contributed by atoms with E-state index in [2.05, 4.69) is 72.6 Å². The number of fused-ring (bicyclic) bond motifs is 2. The molecule has 112 valence electrons. The monoisotopic (exact) mass is 290 g/mol. The molecule has 2 aliphatic heterocycles. The summed E-state index contributed by atoms with van der Waals surface area (Å²) in [6.45, 7) is 0.999. The molecule has 0 spiro atoms. The molecule has 0 amide bonds. The highest BCUT2D eigenvalue weighted by Gasteiger charge is 2.27. The minimum absolute atomic E-state index is 0.999. The lowest BCUT2D eigenvalue weighted by Crippen LogP contribution is -2.28.